The molecule has 4 aromatic carbocycles. The molecule has 47 heavy (non-hydrogen) atoms. The van der Waals surface area contributed by atoms with E-state index in [0.717, 1.165) is 21.2 Å². The molecule has 0 aliphatic carbocycles. The fraction of sp³-hybridized carbons (Fsp3) is 0.167. The molecule has 0 saturated heterocycles. The van der Waals surface area contributed by atoms with Gasteiger partial charge >= 0.3 is 5.97 Å². The second-order valence-corrected chi connectivity index (χ2v) is 13.5. The Bertz CT molecular complexity index is 2230. The van der Waals surface area contributed by atoms with Crippen molar-refractivity contribution in [1.82, 2.24) is 13.9 Å². The highest BCUT2D eigenvalue weighted by Gasteiger charge is 2.32. The van der Waals surface area contributed by atoms with Crippen molar-refractivity contribution in [2.24, 2.45) is 0 Å². The average molecular weight is 656 g/mol. The molecule has 11 heteroatoms. The Labute approximate surface area is 270 Å². The molecule has 6 rings (SSSR count). The fourth-order valence-electron chi connectivity index (χ4n) is 5.73. The largest absolute Gasteiger partial charge is 0.481 e. The second kappa shape index (κ2) is 12.1. The first kappa shape index (κ1) is 31.7. The lowest BCUT2D eigenvalue weighted by atomic mass is 9.76. The Balaban J connectivity index is 1.34. The minimum atomic E-state index is -3.99. The molecule has 0 saturated carbocycles. The zero-order chi connectivity index (χ0) is 33.5. The number of rotatable bonds is 10. The summed E-state index contributed by atoms with van der Waals surface area (Å²) in [6.45, 7) is 5.37. The van der Waals surface area contributed by atoms with Gasteiger partial charge in [-0.25, -0.2) is 26.2 Å². The number of fused-ring (bicyclic) bond motifs is 1. The van der Waals surface area contributed by atoms with E-state index in [4.69, 9.17) is 4.74 Å². The van der Waals surface area contributed by atoms with Crippen LogP contribution < -0.4 is 4.74 Å². The fourth-order valence-corrected chi connectivity index (χ4v) is 7.07. The Morgan fingerprint density at radius 3 is 2.40 bits per heavy atom. The zero-order valence-corrected chi connectivity index (χ0v) is 26.6. The Hall–Kier alpha value is -5.29. The van der Waals surface area contributed by atoms with Gasteiger partial charge in [0.15, 0.2) is 11.6 Å². The van der Waals surface area contributed by atoms with Crippen LogP contribution in [-0.4, -0.2) is 33.4 Å². The number of hydrogen-bond acceptors (Lipinski definition) is 5. The number of nitrogens with zero attached hydrogens (tertiary/aromatic N) is 2. The first-order valence-electron chi connectivity index (χ1n) is 14.8. The maximum atomic E-state index is 15.6. The molecule has 0 aliphatic heterocycles. The summed E-state index contributed by atoms with van der Waals surface area (Å²) in [4.78, 5) is 19.1. The number of ether oxygens (including phenoxy) is 1. The highest BCUT2D eigenvalue weighted by atomic mass is 32.2. The number of nitrogens with one attached hydrogen (secondary N) is 1. The van der Waals surface area contributed by atoms with E-state index in [1.807, 2.05) is 44.2 Å². The minimum absolute atomic E-state index is 0.0666. The molecule has 1 unspecified atom stereocenters. The summed E-state index contributed by atoms with van der Waals surface area (Å²) in [6.07, 6.45) is 3.12. The van der Waals surface area contributed by atoms with Crippen LogP contribution in [0.15, 0.2) is 102 Å². The van der Waals surface area contributed by atoms with E-state index >= 15 is 8.78 Å². The molecule has 0 aliphatic rings. The van der Waals surface area contributed by atoms with Gasteiger partial charge in [0.05, 0.1) is 16.0 Å². The molecular formula is C36H31F2N3O5S. The molecule has 8 nitrogen and oxygen atoms in total. The van der Waals surface area contributed by atoms with Crippen LogP contribution >= 0.6 is 0 Å². The molecule has 0 bridgehead atoms. The van der Waals surface area contributed by atoms with E-state index in [9.17, 15) is 18.3 Å². The molecule has 6 aromatic rings. The van der Waals surface area contributed by atoms with Gasteiger partial charge in [0.25, 0.3) is 10.0 Å². The minimum Gasteiger partial charge on any atom is -0.481 e. The van der Waals surface area contributed by atoms with Gasteiger partial charge in [0, 0.05) is 46.9 Å². The first-order valence-corrected chi connectivity index (χ1v) is 16.3. The first-order chi connectivity index (χ1) is 22.4. The lowest BCUT2D eigenvalue weighted by Gasteiger charge is -2.28. The number of aryl methyl sites for hydroxylation is 2. The summed E-state index contributed by atoms with van der Waals surface area (Å²) in [6, 6.07) is 22.4. The lowest BCUT2D eigenvalue weighted by molar-refractivity contribution is -0.137. The maximum absolute atomic E-state index is 15.6. The van der Waals surface area contributed by atoms with Crippen molar-refractivity contribution in [2.45, 2.75) is 43.9 Å². The molecule has 0 spiro atoms. The van der Waals surface area contributed by atoms with Gasteiger partial charge in [0.1, 0.15) is 17.4 Å². The number of halogens is 2. The standard InChI is InChI=1S/C36H31F2N3O5S/c1-22-9-12-26(13-10-22)47(44,45)41-18-16-27-23(2)34(30(38)20-31(27)41)46-25-11-14-29(37)28(19-25)35-39-21-32(40-35)36(3,17-15-33(42)43)24-7-5-4-6-8-24/h4-14,16,18-21H,15,17H2,1-3H3,(H,39,40)(H,42,43). The topological polar surface area (TPSA) is 114 Å². The Morgan fingerprint density at radius 2 is 1.70 bits per heavy atom. The van der Waals surface area contributed by atoms with Crippen LogP contribution in [0, 0.1) is 25.5 Å². The molecule has 0 amide bonds. The van der Waals surface area contributed by atoms with Crippen LogP contribution in [0.3, 0.4) is 0 Å². The Morgan fingerprint density at radius 1 is 0.979 bits per heavy atom. The van der Waals surface area contributed by atoms with Gasteiger partial charge in [-0.2, -0.15) is 0 Å². The van der Waals surface area contributed by atoms with Crippen LogP contribution in [-0.2, 0) is 20.2 Å². The highest BCUT2D eigenvalue weighted by molar-refractivity contribution is 7.90. The van der Waals surface area contributed by atoms with Crippen molar-refractivity contribution in [3.63, 3.8) is 0 Å². The maximum Gasteiger partial charge on any atom is 0.303 e. The molecule has 1 atom stereocenters. The summed E-state index contributed by atoms with van der Waals surface area (Å²) in [5.74, 6) is -2.15. The number of aromatic amines is 1. The number of H-pyrrole nitrogens is 1. The van der Waals surface area contributed by atoms with Crippen molar-refractivity contribution in [3.8, 4) is 22.9 Å². The molecule has 240 valence electrons. The van der Waals surface area contributed by atoms with Gasteiger partial charge in [-0.3, -0.25) is 4.79 Å². The average Bonchev–Trinajstić information content (AvgIpc) is 3.72. The summed E-state index contributed by atoms with van der Waals surface area (Å²) in [7, 11) is -3.99. The molecule has 2 aromatic heterocycles. The SMILES string of the molecule is Cc1ccc(S(=O)(=O)n2ccc3c(C)c(Oc4ccc(F)c(-c5ncc(C(C)(CCC(=O)O)c6ccccc6)[nH]5)c4)c(F)cc32)cc1. The van der Waals surface area contributed by atoms with E-state index in [-0.39, 0.29) is 46.1 Å². The van der Waals surface area contributed by atoms with Crippen LogP contribution in [0.4, 0.5) is 8.78 Å². The molecular weight excluding hydrogens is 624 g/mol. The zero-order valence-electron chi connectivity index (χ0n) is 25.8. The van der Waals surface area contributed by atoms with Crippen molar-refractivity contribution < 1.29 is 31.8 Å². The number of carbonyl (C=O) groups is 1. The Kier molecular flexibility index (Phi) is 8.19. The summed E-state index contributed by atoms with van der Waals surface area (Å²) in [5, 5.41) is 9.86. The van der Waals surface area contributed by atoms with Crippen molar-refractivity contribution in [1.29, 1.82) is 0 Å². The lowest BCUT2D eigenvalue weighted by Crippen LogP contribution is -2.25. The van der Waals surface area contributed by atoms with Crippen LogP contribution in [0.5, 0.6) is 11.5 Å². The second-order valence-electron chi connectivity index (χ2n) is 11.7. The van der Waals surface area contributed by atoms with Crippen LogP contribution in [0.25, 0.3) is 22.3 Å². The normalized spacial score (nSPS) is 13.0. The van der Waals surface area contributed by atoms with E-state index in [0.29, 0.717) is 16.6 Å². The monoisotopic (exact) mass is 655 g/mol. The van der Waals surface area contributed by atoms with Gasteiger partial charge in [-0.15, -0.1) is 0 Å². The quantitative estimate of drug-likeness (QED) is 0.154. The number of benzene rings is 4. The van der Waals surface area contributed by atoms with Crippen LogP contribution in [0.2, 0.25) is 0 Å². The van der Waals surface area contributed by atoms with Crippen LogP contribution in [0.1, 0.15) is 42.1 Å². The van der Waals surface area contributed by atoms with Crippen molar-refractivity contribution >= 4 is 26.9 Å². The summed E-state index contributed by atoms with van der Waals surface area (Å²) in [5.41, 5.74) is 2.20. The van der Waals surface area contributed by atoms with Gasteiger partial charge in [-0.1, -0.05) is 48.0 Å². The number of aromatic nitrogens is 3. The number of imidazole rings is 1. The third-order valence-corrected chi connectivity index (χ3v) is 10.2. The molecule has 0 radical (unpaired) electrons. The predicted molar refractivity (Wildman–Crippen MR) is 174 cm³/mol. The summed E-state index contributed by atoms with van der Waals surface area (Å²) < 4.78 is 64.6. The smallest absolute Gasteiger partial charge is 0.303 e. The van der Waals surface area contributed by atoms with E-state index < -0.39 is 33.0 Å². The number of hydrogen-bond donors (Lipinski definition) is 2. The van der Waals surface area contributed by atoms with Crippen molar-refractivity contribution in [2.75, 3.05) is 0 Å². The van der Waals surface area contributed by atoms with E-state index in [1.54, 1.807) is 31.3 Å². The molecule has 2 N–H and O–H groups in total. The third-order valence-electron chi connectivity index (χ3n) is 8.53. The summed E-state index contributed by atoms with van der Waals surface area (Å²) >= 11 is 0. The number of carboxylic acids is 1. The molecule has 2 heterocycles. The predicted octanol–water partition coefficient (Wildman–Crippen LogP) is 8.13. The van der Waals surface area contributed by atoms with Gasteiger partial charge in [-0.05, 0) is 69.2 Å². The van der Waals surface area contributed by atoms with Crippen molar-refractivity contribution in [3.05, 3.63) is 131 Å². The van der Waals surface area contributed by atoms with Gasteiger partial charge < -0.3 is 14.8 Å². The third kappa shape index (κ3) is 5.90. The molecule has 0 fully saturated rings. The number of carboxylic acid groups (broad SMARTS) is 1. The highest BCUT2D eigenvalue weighted by Crippen LogP contribution is 2.39. The van der Waals surface area contributed by atoms with Gasteiger partial charge in [0.2, 0.25) is 0 Å². The van der Waals surface area contributed by atoms with E-state index in [1.165, 1.54) is 36.5 Å². The van der Waals surface area contributed by atoms with E-state index in [2.05, 4.69) is 9.97 Å². The number of aliphatic carboxylic acids is 1.